The number of nitrogens with zero attached hydrogens (tertiary/aromatic N) is 4. The molecule has 0 aliphatic heterocycles. The molecule has 1 fully saturated rings. The number of rotatable bonds is 4. The van der Waals surface area contributed by atoms with Crippen LogP contribution in [-0.2, 0) is 7.05 Å². The summed E-state index contributed by atoms with van der Waals surface area (Å²) < 4.78 is 6.25. The lowest BCUT2D eigenvalue weighted by Crippen LogP contribution is -2.41. The predicted molar refractivity (Wildman–Crippen MR) is 71.2 cm³/mol. The number of hydrogen-bond donors (Lipinski definition) is 2. The number of nitrogens with one attached hydrogen (secondary N) is 1. The lowest BCUT2D eigenvalue weighted by molar-refractivity contribution is 0.0234. The molecule has 0 radical (unpaired) electrons. The third-order valence-corrected chi connectivity index (χ3v) is 3.86. The summed E-state index contributed by atoms with van der Waals surface area (Å²) in [4.78, 5) is 12.3. The summed E-state index contributed by atoms with van der Waals surface area (Å²) in [5.41, 5.74) is 1.55. The standard InChI is InChI=1S/C13H17N5O3/c1-7-11(17-21-16-7)13(20)15-12(8-3-10(19)4-8)9-5-14-18(2)6-9/h5-6,8,10,12,19H,3-4H2,1-2H3,(H,15,20)/t8?,10?,12-/m0/s1. The van der Waals surface area contributed by atoms with Gasteiger partial charge in [-0.15, -0.1) is 0 Å². The zero-order chi connectivity index (χ0) is 15.0. The van der Waals surface area contributed by atoms with Crippen molar-refractivity contribution in [3.8, 4) is 0 Å². The number of carbonyl (C=O) groups is 1. The summed E-state index contributed by atoms with van der Waals surface area (Å²) in [6.45, 7) is 1.66. The van der Waals surface area contributed by atoms with Gasteiger partial charge in [0.15, 0.2) is 5.69 Å². The Kier molecular flexibility index (Phi) is 3.46. The van der Waals surface area contributed by atoms with Gasteiger partial charge >= 0.3 is 0 Å². The van der Waals surface area contributed by atoms with E-state index in [-0.39, 0.29) is 29.7 Å². The second-order valence-corrected chi connectivity index (χ2v) is 5.48. The Morgan fingerprint density at radius 3 is 2.81 bits per heavy atom. The maximum absolute atomic E-state index is 12.3. The number of carbonyl (C=O) groups excluding carboxylic acids is 1. The highest BCUT2D eigenvalue weighted by Gasteiger charge is 2.36. The average Bonchev–Trinajstić information content (AvgIpc) is 3.01. The topological polar surface area (TPSA) is 106 Å². The zero-order valence-corrected chi connectivity index (χ0v) is 11.9. The lowest BCUT2D eigenvalue weighted by Gasteiger charge is -2.37. The van der Waals surface area contributed by atoms with Crippen molar-refractivity contribution >= 4 is 5.91 Å². The quantitative estimate of drug-likeness (QED) is 0.842. The summed E-state index contributed by atoms with van der Waals surface area (Å²) in [5, 5.41) is 23.8. The van der Waals surface area contributed by atoms with Crippen molar-refractivity contribution in [2.45, 2.75) is 31.9 Å². The van der Waals surface area contributed by atoms with E-state index >= 15 is 0 Å². The minimum Gasteiger partial charge on any atom is -0.393 e. The minimum absolute atomic E-state index is 0.184. The van der Waals surface area contributed by atoms with Crippen LogP contribution in [0, 0.1) is 12.8 Å². The van der Waals surface area contributed by atoms with Crippen molar-refractivity contribution in [3.05, 3.63) is 29.3 Å². The van der Waals surface area contributed by atoms with Gasteiger partial charge in [0.25, 0.3) is 5.91 Å². The highest BCUT2D eigenvalue weighted by Crippen LogP contribution is 2.38. The van der Waals surface area contributed by atoms with Crippen molar-refractivity contribution in [1.82, 2.24) is 25.4 Å². The van der Waals surface area contributed by atoms with Crippen LogP contribution >= 0.6 is 0 Å². The number of aromatic nitrogens is 4. The molecule has 1 saturated carbocycles. The third-order valence-electron chi connectivity index (χ3n) is 3.86. The maximum atomic E-state index is 12.3. The molecule has 8 nitrogen and oxygen atoms in total. The van der Waals surface area contributed by atoms with Gasteiger partial charge in [-0.2, -0.15) is 5.10 Å². The largest absolute Gasteiger partial charge is 0.393 e. The monoisotopic (exact) mass is 291 g/mol. The SMILES string of the molecule is Cc1nonc1C(=O)N[C@H](c1cnn(C)c1)C1CC(O)C1. The van der Waals surface area contributed by atoms with E-state index in [0.29, 0.717) is 18.5 Å². The van der Waals surface area contributed by atoms with Crippen LogP contribution in [0.3, 0.4) is 0 Å². The molecule has 2 N–H and O–H groups in total. The molecule has 1 amide bonds. The molecule has 0 bridgehead atoms. The normalized spacial score (nSPS) is 22.6. The molecule has 3 rings (SSSR count). The van der Waals surface area contributed by atoms with Gasteiger partial charge in [-0.3, -0.25) is 9.48 Å². The first-order valence-electron chi connectivity index (χ1n) is 6.81. The van der Waals surface area contributed by atoms with E-state index in [2.05, 4.69) is 25.4 Å². The Bertz CT molecular complexity index is 644. The fourth-order valence-electron chi connectivity index (χ4n) is 2.62. The molecule has 1 atom stereocenters. The number of amides is 1. The van der Waals surface area contributed by atoms with Crippen LogP contribution in [0.4, 0.5) is 0 Å². The van der Waals surface area contributed by atoms with Gasteiger partial charge in [-0.25, -0.2) is 4.63 Å². The molecular weight excluding hydrogens is 274 g/mol. The minimum atomic E-state index is -0.330. The van der Waals surface area contributed by atoms with Gasteiger partial charge in [-0.1, -0.05) is 5.16 Å². The summed E-state index contributed by atoms with van der Waals surface area (Å²) in [5.74, 6) is -0.141. The first kappa shape index (κ1) is 13.7. The first-order chi connectivity index (χ1) is 10.0. The molecule has 21 heavy (non-hydrogen) atoms. The van der Waals surface area contributed by atoms with E-state index in [1.807, 2.05) is 13.2 Å². The Morgan fingerprint density at radius 2 is 2.29 bits per heavy atom. The molecule has 0 saturated heterocycles. The van der Waals surface area contributed by atoms with Crippen molar-refractivity contribution in [1.29, 1.82) is 0 Å². The van der Waals surface area contributed by atoms with E-state index in [0.717, 1.165) is 5.56 Å². The summed E-state index contributed by atoms with van der Waals surface area (Å²) >= 11 is 0. The van der Waals surface area contributed by atoms with Crippen LogP contribution in [0.2, 0.25) is 0 Å². The summed E-state index contributed by atoms with van der Waals surface area (Å²) in [6, 6.07) is -0.203. The van der Waals surface area contributed by atoms with Gasteiger partial charge in [0.1, 0.15) is 5.69 Å². The van der Waals surface area contributed by atoms with Gasteiger partial charge in [0.05, 0.1) is 18.3 Å². The van der Waals surface area contributed by atoms with E-state index in [1.54, 1.807) is 17.8 Å². The summed E-state index contributed by atoms with van der Waals surface area (Å²) in [7, 11) is 1.82. The van der Waals surface area contributed by atoms with Crippen molar-refractivity contribution in [2.75, 3.05) is 0 Å². The van der Waals surface area contributed by atoms with E-state index in [1.165, 1.54) is 0 Å². The molecule has 0 unspecified atom stereocenters. The number of aliphatic hydroxyl groups is 1. The fourth-order valence-corrected chi connectivity index (χ4v) is 2.62. The van der Waals surface area contributed by atoms with Gasteiger partial charge in [0.2, 0.25) is 0 Å². The molecule has 0 aromatic carbocycles. The molecule has 2 aromatic heterocycles. The summed E-state index contributed by atoms with van der Waals surface area (Å²) in [6.07, 6.45) is 4.63. The lowest BCUT2D eigenvalue weighted by atomic mass is 9.75. The number of aryl methyl sites for hydroxylation is 2. The number of hydrogen-bond acceptors (Lipinski definition) is 6. The molecule has 2 aromatic rings. The maximum Gasteiger partial charge on any atom is 0.275 e. The smallest absolute Gasteiger partial charge is 0.275 e. The van der Waals surface area contributed by atoms with Crippen LogP contribution in [0.5, 0.6) is 0 Å². The highest BCUT2D eigenvalue weighted by atomic mass is 16.6. The van der Waals surface area contributed by atoms with Gasteiger partial charge in [-0.05, 0) is 30.8 Å². The molecule has 2 heterocycles. The van der Waals surface area contributed by atoms with Crippen molar-refractivity contribution in [2.24, 2.45) is 13.0 Å². The second kappa shape index (κ2) is 5.28. The molecule has 0 spiro atoms. The molecular formula is C13H17N5O3. The Morgan fingerprint density at radius 1 is 1.52 bits per heavy atom. The third kappa shape index (κ3) is 2.66. The van der Waals surface area contributed by atoms with Crippen molar-refractivity contribution < 1.29 is 14.5 Å². The fraction of sp³-hybridized carbons (Fsp3) is 0.538. The number of aliphatic hydroxyl groups excluding tert-OH is 1. The van der Waals surface area contributed by atoms with Crippen LogP contribution < -0.4 is 5.32 Å². The van der Waals surface area contributed by atoms with Gasteiger partial charge in [0, 0.05) is 18.8 Å². The average molecular weight is 291 g/mol. The Labute approximate surface area is 121 Å². The molecule has 8 heteroatoms. The van der Waals surface area contributed by atoms with Crippen LogP contribution in [0.1, 0.15) is 40.6 Å². The van der Waals surface area contributed by atoms with Gasteiger partial charge < -0.3 is 10.4 Å². The van der Waals surface area contributed by atoms with Crippen LogP contribution in [0.25, 0.3) is 0 Å². The second-order valence-electron chi connectivity index (χ2n) is 5.48. The highest BCUT2D eigenvalue weighted by molar-refractivity contribution is 5.93. The van der Waals surface area contributed by atoms with E-state index in [9.17, 15) is 9.90 Å². The van der Waals surface area contributed by atoms with E-state index in [4.69, 9.17) is 0 Å². The van der Waals surface area contributed by atoms with Crippen molar-refractivity contribution in [3.63, 3.8) is 0 Å². The zero-order valence-electron chi connectivity index (χ0n) is 11.9. The first-order valence-corrected chi connectivity index (χ1v) is 6.81. The molecule has 112 valence electrons. The van der Waals surface area contributed by atoms with Crippen LogP contribution in [-0.4, -0.2) is 37.2 Å². The predicted octanol–water partition coefficient (Wildman–Crippen LogP) is 0.354. The Balaban J connectivity index is 1.79. The van der Waals surface area contributed by atoms with E-state index < -0.39 is 0 Å². The Hall–Kier alpha value is -2.22. The molecule has 1 aliphatic rings. The molecule has 1 aliphatic carbocycles. The van der Waals surface area contributed by atoms with Crippen LogP contribution in [0.15, 0.2) is 17.0 Å².